The lowest BCUT2D eigenvalue weighted by atomic mass is 9.96. The molecule has 1 aliphatic heterocycles. The number of para-hydroxylation sites is 1. The number of benzene rings is 2. The van der Waals surface area contributed by atoms with Crippen LogP contribution in [0.3, 0.4) is 0 Å². The Morgan fingerprint density at radius 2 is 1.75 bits per heavy atom. The Morgan fingerprint density at radius 1 is 1.03 bits per heavy atom. The molecule has 1 aliphatic carbocycles. The Balaban J connectivity index is 1.31. The number of nitrogens with one attached hydrogen (secondary N) is 3. The molecule has 9 heteroatoms. The molecule has 0 radical (unpaired) electrons. The molecule has 0 saturated heterocycles. The first-order valence-electron chi connectivity index (χ1n) is 11.0. The van der Waals surface area contributed by atoms with E-state index in [1.807, 2.05) is 18.2 Å². The van der Waals surface area contributed by atoms with E-state index in [-0.39, 0.29) is 16.8 Å². The number of amides is 3. The van der Waals surface area contributed by atoms with Crippen LogP contribution in [0.5, 0.6) is 0 Å². The number of hydrogen-bond donors (Lipinski definition) is 3. The molecule has 0 spiro atoms. The third-order valence-corrected chi connectivity index (χ3v) is 7.32. The Bertz CT molecular complexity index is 1080. The summed E-state index contributed by atoms with van der Waals surface area (Å²) in [5, 5.41) is 5.99. The average molecular weight is 457 g/mol. The van der Waals surface area contributed by atoms with Gasteiger partial charge in [0, 0.05) is 18.3 Å². The molecule has 8 nitrogen and oxygen atoms in total. The first-order chi connectivity index (χ1) is 15.4. The van der Waals surface area contributed by atoms with Crippen molar-refractivity contribution in [1.82, 2.24) is 14.9 Å². The van der Waals surface area contributed by atoms with Crippen LogP contribution >= 0.6 is 0 Å². The lowest BCUT2D eigenvalue weighted by Crippen LogP contribution is -2.45. The van der Waals surface area contributed by atoms with Crippen molar-refractivity contribution in [2.75, 3.05) is 18.5 Å². The highest BCUT2D eigenvalue weighted by atomic mass is 32.2. The summed E-state index contributed by atoms with van der Waals surface area (Å²) in [6.07, 6.45) is 5.59. The van der Waals surface area contributed by atoms with Gasteiger partial charge in [0.25, 0.3) is 15.9 Å². The maximum atomic E-state index is 12.6. The van der Waals surface area contributed by atoms with Gasteiger partial charge in [-0.2, -0.15) is 0 Å². The minimum atomic E-state index is -3.94. The number of anilines is 1. The van der Waals surface area contributed by atoms with E-state index in [9.17, 15) is 18.0 Å². The molecule has 170 valence electrons. The summed E-state index contributed by atoms with van der Waals surface area (Å²) in [6.45, 7) is 0.941. The van der Waals surface area contributed by atoms with E-state index in [1.54, 1.807) is 23.1 Å². The van der Waals surface area contributed by atoms with E-state index in [4.69, 9.17) is 0 Å². The number of carbonyl (C=O) groups is 2. The topological polar surface area (TPSA) is 108 Å². The van der Waals surface area contributed by atoms with E-state index in [2.05, 4.69) is 15.4 Å². The second-order valence-corrected chi connectivity index (χ2v) is 9.94. The monoisotopic (exact) mass is 456 g/mol. The summed E-state index contributed by atoms with van der Waals surface area (Å²) in [6, 6.07) is 13.1. The van der Waals surface area contributed by atoms with Crippen LogP contribution in [0.1, 0.15) is 48.0 Å². The molecule has 1 fully saturated rings. The molecule has 1 saturated carbocycles. The molecule has 0 aromatic heterocycles. The highest BCUT2D eigenvalue weighted by molar-refractivity contribution is 7.90. The molecule has 32 heavy (non-hydrogen) atoms. The van der Waals surface area contributed by atoms with Crippen molar-refractivity contribution in [3.05, 3.63) is 59.7 Å². The zero-order valence-electron chi connectivity index (χ0n) is 17.8. The maximum Gasteiger partial charge on any atom is 0.328 e. The molecule has 3 amide bonds. The zero-order valence-corrected chi connectivity index (χ0v) is 18.7. The number of rotatable bonds is 6. The maximum absolute atomic E-state index is 12.6. The largest absolute Gasteiger partial charge is 0.367 e. The van der Waals surface area contributed by atoms with Crippen LogP contribution < -0.4 is 15.4 Å². The van der Waals surface area contributed by atoms with Crippen molar-refractivity contribution in [2.45, 2.75) is 49.5 Å². The summed E-state index contributed by atoms with van der Waals surface area (Å²) in [5.41, 5.74) is 2.39. The summed E-state index contributed by atoms with van der Waals surface area (Å²) < 4.78 is 27.2. The molecule has 2 aromatic rings. The van der Waals surface area contributed by atoms with Crippen molar-refractivity contribution < 1.29 is 18.0 Å². The number of hydrogen-bond acceptors (Lipinski definition) is 5. The SMILES string of the molecule is O=C(NC1CCCCC1)NS(=O)(=O)c1ccc(CCN2CNc3ccccc3C2=O)cc1. The van der Waals surface area contributed by atoms with Crippen LogP contribution in [0, 0.1) is 0 Å². The van der Waals surface area contributed by atoms with Gasteiger partial charge in [-0.05, 0) is 49.1 Å². The highest BCUT2D eigenvalue weighted by Gasteiger charge is 2.24. The minimum Gasteiger partial charge on any atom is -0.367 e. The van der Waals surface area contributed by atoms with Crippen LogP contribution in [0.25, 0.3) is 0 Å². The van der Waals surface area contributed by atoms with E-state index >= 15 is 0 Å². The molecule has 3 N–H and O–H groups in total. The van der Waals surface area contributed by atoms with Gasteiger partial charge in [0.1, 0.15) is 0 Å². The number of carbonyl (C=O) groups excluding carboxylic acids is 2. The predicted molar refractivity (Wildman–Crippen MR) is 122 cm³/mol. The summed E-state index contributed by atoms with van der Waals surface area (Å²) in [5.74, 6) is -0.0215. The molecule has 0 atom stereocenters. The first kappa shape index (κ1) is 22.1. The van der Waals surface area contributed by atoms with E-state index in [0.29, 0.717) is 25.2 Å². The summed E-state index contributed by atoms with van der Waals surface area (Å²) >= 11 is 0. The Labute approximate surface area is 188 Å². The van der Waals surface area contributed by atoms with E-state index in [0.717, 1.165) is 43.4 Å². The van der Waals surface area contributed by atoms with Gasteiger partial charge in [0.15, 0.2) is 0 Å². The number of sulfonamides is 1. The normalized spacial score (nSPS) is 16.8. The third-order valence-electron chi connectivity index (χ3n) is 5.98. The molecule has 2 aliphatic rings. The molecular weight excluding hydrogens is 428 g/mol. The van der Waals surface area contributed by atoms with Crippen LogP contribution in [0.2, 0.25) is 0 Å². The molecule has 2 aromatic carbocycles. The lowest BCUT2D eigenvalue weighted by Gasteiger charge is -2.29. The van der Waals surface area contributed by atoms with Crippen LogP contribution in [0.15, 0.2) is 53.4 Å². The van der Waals surface area contributed by atoms with Crippen LogP contribution in [0.4, 0.5) is 10.5 Å². The summed E-state index contributed by atoms with van der Waals surface area (Å²) in [4.78, 5) is 26.5. The second-order valence-electron chi connectivity index (χ2n) is 8.26. The van der Waals surface area contributed by atoms with E-state index < -0.39 is 16.1 Å². The minimum absolute atomic E-state index is 0.0215. The van der Waals surface area contributed by atoms with Gasteiger partial charge in [-0.25, -0.2) is 17.9 Å². The Hall–Kier alpha value is -3.07. The van der Waals surface area contributed by atoms with Gasteiger partial charge in [-0.3, -0.25) is 4.79 Å². The highest BCUT2D eigenvalue weighted by Crippen LogP contribution is 2.22. The van der Waals surface area contributed by atoms with Crippen LogP contribution in [-0.4, -0.2) is 44.5 Å². The smallest absolute Gasteiger partial charge is 0.328 e. The Kier molecular flexibility index (Phi) is 6.64. The molecule has 0 bridgehead atoms. The molecule has 4 rings (SSSR count). The van der Waals surface area contributed by atoms with Gasteiger partial charge in [0.2, 0.25) is 0 Å². The van der Waals surface area contributed by atoms with Crippen molar-refractivity contribution >= 4 is 27.6 Å². The number of urea groups is 1. The van der Waals surface area contributed by atoms with Crippen molar-refractivity contribution in [2.24, 2.45) is 0 Å². The van der Waals surface area contributed by atoms with Crippen molar-refractivity contribution in [3.63, 3.8) is 0 Å². The molecular formula is C23H28N4O4S. The standard InChI is InChI=1S/C23H28N4O4S/c28-22-20-8-4-5-9-21(20)24-16-27(22)15-14-17-10-12-19(13-11-17)32(30,31)26-23(29)25-18-6-2-1-3-7-18/h4-5,8-13,18,24H,1-3,6-7,14-16H2,(H2,25,26,29). The van der Waals surface area contributed by atoms with Gasteiger partial charge in [0.05, 0.1) is 17.1 Å². The van der Waals surface area contributed by atoms with Gasteiger partial charge >= 0.3 is 6.03 Å². The summed E-state index contributed by atoms with van der Waals surface area (Å²) in [7, 11) is -3.94. The second kappa shape index (κ2) is 9.60. The fourth-order valence-corrected chi connectivity index (χ4v) is 5.08. The van der Waals surface area contributed by atoms with Gasteiger partial charge in [-0.15, -0.1) is 0 Å². The molecule has 0 unspecified atom stereocenters. The third kappa shape index (κ3) is 5.21. The number of nitrogens with zero attached hydrogens (tertiary/aromatic N) is 1. The fourth-order valence-electron chi connectivity index (χ4n) is 4.17. The first-order valence-corrected chi connectivity index (χ1v) is 12.5. The zero-order chi connectivity index (χ0) is 22.6. The lowest BCUT2D eigenvalue weighted by molar-refractivity contribution is 0.0760. The van der Waals surface area contributed by atoms with Crippen LogP contribution in [-0.2, 0) is 16.4 Å². The number of fused-ring (bicyclic) bond motifs is 1. The quantitative estimate of drug-likeness (QED) is 0.619. The fraction of sp³-hybridized carbons (Fsp3) is 0.391. The van der Waals surface area contributed by atoms with Crippen molar-refractivity contribution in [1.29, 1.82) is 0 Å². The molecule has 1 heterocycles. The predicted octanol–water partition coefficient (Wildman–Crippen LogP) is 3.08. The van der Waals surface area contributed by atoms with Gasteiger partial charge in [-0.1, -0.05) is 43.5 Å². The Morgan fingerprint density at radius 3 is 2.50 bits per heavy atom. The van der Waals surface area contributed by atoms with Gasteiger partial charge < -0.3 is 15.5 Å². The van der Waals surface area contributed by atoms with Crippen molar-refractivity contribution in [3.8, 4) is 0 Å². The average Bonchev–Trinajstić information content (AvgIpc) is 2.79. The van der Waals surface area contributed by atoms with E-state index in [1.165, 1.54) is 12.1 Å².